The molecule has 0 radical (unpaired) electrons. The zero-order valence-electron chi connectivity index (χ0n) is 12.1. The molecule has 2 nitrogen and oxygen atoms in total. The molecule has 2 aromatic carbocycles. The Kier molecular flexibility index (Phi) is 4.81. The number of hydrogen-bond acceptors (Lipinski definition) is 2. The van der Waals surface area contributed by atoms with E-state index in [1.807, 2.05) is 0 Å². The summed E-state index contributed by atoms with van der Waals surface area (Å²) in [5, 5.41) is 7.39. The summed E-state index contributed by atoms with van der Waals surface area (Å²) in [6.07, 6.45) is 5.05. The summed E-state index contributed by atoms with van der Waals surface area (Å²) < 4.78 is 1.12. The van der Waals surface area contributed by atoms with E-state index in [-0.39, 0.29) is 0 Å². The smallest absolute Gasteiger partial charge is 0.0462 e. The van der Waals surface area contributed by atoms with Crippen LogP contribution >= 0.6 is 15.9 Å². The maximum absolute atomic E-state index is 3.70. The van der Waals surface area contributed by atoms with Crippen LogP contribution in [-0.4, -0.2) is 12.1 Å². The van der Waals surface area contributed by atoms with Gasteiger partial charge in [0.15, 0.2) is 0 Å². The van der Waals surface area contributed by atoms with E-state index in [2.05, 4.69) is 81.2 Å². The molecule has 1 saturated carbocycles. The molecule has 0 saturated heterocycles. The van der Waals surface area contributed by atoms with Gasteiger partial charge in [-0.05, 0) is 43.2 Å². The lowest BCUT2D eigenvalue weighted by Gasteiger charge is -2.34. The van der Waals surface area contributed by atoms with Gasteiger partial charge in [0, 0.05) is 27.9 Å². The maximum Gasteiger partial charge on any atom is 0.0462 e. The van der Waals surface area contributed by atoms with Gasteiger partial charge >= 0.3 is 0 Å². The quantitative estimate of drug-likeness (QED) is 0.787. The molecule has 3 heteroatoms. The Labute approximate surface area is 135 Å². The molecule has 0 spiro atoms. The summed E-state index contributed by atoms with van der Waals surface area (Å²) in [6.45, 7) is 0. The Bertz CT molecular complexity index is 570. The van der Waals surface area contributed by atoms with E-state index in [0.29, 0.717) is 12.1 Å². The molecular weight excluding hydrogens is 324 g/mol. The fourth-order valence-electron chi connectivity index (χ4n) is 3.02. The van der Waals surface area contributed by atoms with Crippen molar-refractivity contribution >= 4 is 27.3 Å². The Morgan fingerprint density at radius 2 is 1.38 bits per heavy atom. The van der Waals surface area contributed by atoms with Crippen LogP contribution in [0.15, 0.2) is 59.1 Å². The SMILES string of the molecule is Brc1cccc(N[C@@H]2CCCC[C@H]2Nc2ccccc2)c1. The molecule has 2 atom stereocenters. The molecule has 1 fully saturated rings. The van der Waals surface area contributed by atoms with E-state index in [1.165, 1.54) is 37.1 Å². The minimum absolute atomic E-state index is 0.480. The molecule has 1 aliphatic carbocycles. The first-order chi connectivity index (χ1) is 10.3. The molecule has 2 N–H and O–H groups in total. The first-order valence-corrected chi connectivity index (χ1v) is 8.44. The molecule has 0 bridgehead atoms. The van der Waals surface area contributed by atoms with Gasteiger partial charge in [-0.1, -0.05) is 53.0 Å². The molecule has 0 aliphatic heterocycles. The van der Waals surface area contributed by atoms with Gasteiger partial charge in [-0.25, -0.2) is 0 Å². The van der Waals surface area contributed by atoms with Crippen molar-refractivity contribution in [3.05, 3.63) is 59.1 Å². The third kappa shape index (κ3) is 4.01. The summed E-state index contributed by atoms with van der Waals surface area (Å²) >= 11 is 3.54. The van der Waals surface area contributed by atoms with Crippen molar-refractivity contribution in [2.45, 2.75) is 37.8 Å². The normalized spacial score (nSPS) is 21.8. The molecule has 1 aliphatic rings. The fourth-order valence-corrected chi connectivity index (χ4v) is 3.42. The second-order valence-electron chi connectivity index (χ2n) is 5.66. The van der Waals surface area contributed by atoms with Crippen LogP contribution in [0.2, 0.25) is 0 Å². The summed E-state index contributed by atoms with van der Waals surface area (Å²) in [6, 6.07) is 19.9. The van der Waals surface area contributed by atoms with E-state index < -0.39 is 0 Å². The van der Waals surface area contributed by atoms with Gasteiger partial charge in [0.25, 0.3) is 0 Å². The van der Waals surface area contributed by atoms with Gasteiger partial charge in [-0.3, -0.25) is 0 Å². The predicted molar refractivity (Wildman–Crippen MR) is 93.9 cm³/mol. The lowest BCUT2D eigenvalue weighted by molar-refractivity contribution is 0.424. The highest BCUT2D eigenvalue weighted by atomic mass is 79.9. The lowest BCUT2D eigenvalue weighted by atomic mass is 9.90. The molecule has 0 heterocycles. The first-order valence-electron chi connectivity index (χ1n) is 7.65. The maximum atomic E-state index is 3.70. The van der Waals surface area contributed by atoms with Gasteiger partial charge in [0.1, 0.15) is 0 Å². The summed E-state index contributed by atoms with van der Waals surface area (Å²) in [5.74, 6) is 0. The highest BCUT2D eigenvalue weighted by Crippen LogP contribution is 2.26. The van der Waals surface area contributed by atoms with Gasteiger partial charge in [0.05, 0.1) is 0 Å². The van der Waals surface area contributed by atoms with Crippen LogP contribution < -0.4 is 10.6 Å². The Hall–Kier alpha value is -1.48. The van der Waals surface area contributed by atoms with Crippen LogP contribution in [0.5, 0.6) is 0 Å². The molecule has 3 rings (SSSR count). The van der Waals surface area contributed by atoms with Crippen molar-refractivity contribution < 1.29 is 0 Å². The van der Waals surface area contributed by atoms with Crippen LogP contribution in [0.3, 0.4) is 0 Å². The van der Waals surface area contributed by atoms with Crippen molar-refractivity contribution in [2.24, 2.45) is 0 Å². The van der Waals surface area contributed by atoms with Crippen molar-refractivity contribution in [1.82, 2.24) is 0 Å². The highest BCUT2D eigenvalue weighted by Gasteiger charge is 2.24. The molecule has 0 unspecified atom stereocenters. The Morgan fingerprint density at radius 1 is 0.762 bits per heavy atom. The first kappa shape index (κ1) is 14.5. The van der Waals surface area contributed by atoms with Gasteiger partial charge in [-0.2, -0.15) is 0 Å². The number of nitrogens with one attached hydrogen (secondary N) is 2. The number of benzene rings is 2. The monoisotopic (exact) mass is 344 g/mol. The average molecular weight is 345 g/mol. The zero-order chi connectivity index (χ0) is 14.5. The average Bonchev–Trinajstić information content (AvgIpc) is 2.50. The number of hydrogen-bond donors (Lipinski definition) is 2. The van der Waals surface area contributed by atoms with E-state index in [1.54, 1.807) is 0 Å². The number of halogens is 1. The topological polar surface area (TPSA) is 24.1 Å². The van der Waals surface area contributed by atoms with Crippen LogP contribution in [0.1, 0.15) is 25.7 Å². The molecule has 2 aromatic rings. The van der Waals surface area contributed by atoms with Crippen molar-refractivity contribution in [3.8, 4) is 0 Å². The predicted octanol–water partition coefficient (Wildman–Crippen LogP) is 5.28. The summed E-state index contributed by atoms with van der Waals surface area (Å²) in [7, 11) is 0. The van der Waals surface area contributed by atoms with Crippen LogP contribution in [-0.2, 0) is 0 Å². The molecule has 0 amide bonds. The standard InChI is InChI=1S/C18H21BrN2/c19-14-7-6-10-16(13-14)21-18-12-5-4-11-17(18)20-15-8-2-1-3-9-15/h1-3,6-10,13,17-18,20-21H,4-5,11-12H2/t17-,18-/m1/s1. The van der Waals surface area contributed by atoms with Gasteiger partial charge in [0.2, 0.25) is 0 Å². The number of anilines is 2. The van der Waals surface area contributed by atoms with E-state index in [0.717, 1.165) is 4.47 Å². The minimum atomic E-state index is 0.480. The summed E-state index contributed by atoms with van der Waals surface area (Å²) in [4.78, 5) is 0. The summed E-state index contributed by atoms with van der Waals surface area (Å²) in [5.41, 5.74) is 2.40. The highest BCUT2D eigenvalue weighted by molar-refractivity contribution is 9.10. The van der Waals surface area contributed by atoms with E-state index in [4.69, 9.17) is 0 Å². The minimum Gasteiger partial charge on any atom is -0.380 e. The van der Waals surface area contributed by atoms with Gasteiger partial charge in [-0.15, -0.1) is 0 Å². The second kappa shape index (κ2) is 6.99. The van der Waals surface area contributed by atoms with E-state index in [9.17, 15) is 0 Å². The lowest BCUT2D eigenvalue weighted by Crippen LogP contribution is -2.41. The van der Waals surface area contributed by atoms with Gasteiger partial charge < -0.3 is 10.6 Å². The van der Waals surface area contributed by atoms with Crippen molar-refractivity contribution in [2.75, 3.05) is 10.6 Å². The van der Waals surface area contributed by atoms with Crippen molar-refractivity contribution in [1.29, 1.82) is 0 Å². The third-order valence-corrected chi connectivity index (χ3v) is 4.56. The zero-order valence-corrected chi connectivity index (χ0v) is 13.6. The van der Waals surface area contributed by atoms with Crippen LogP contribution in [0.25, 0.3) is 0 Å². The molecule has 110 valence electrons. The second-order valence-corrected chi connectivity index (χ2v) is 6.58. The number of rotatable bonds is 4. The van der Waals surface area contributed by atoms with E-state index >= 15 is 0 Å². The molecule has 0 aromatic heterocycles. The third-order valence-electron chi connectivity index (χ3n) is 4.07. The Balaban J connectivity index is 1.69. The molecular formula is C18H21BrN2. The van der Waals surface area contributed by atoms with Crippen LogP contribution in [0.4, 0.5) is 11.4 Å². The number of para-hydroxylation sites is 1. The van der Waals surface area contributed by atoms with Crippen molar-refractivity contribution in [3.63, 3.8) is 0 Å². The largest absolute Gasteiger partial charge is 0.380 e. The van der Waals surface area contributed by atoms with Crippen LogP contribution in [0, 0.1) is 0 Å². The molecule has 21 heavy (non-hydrogen) atoms. The fraction of sp³-hybridized carbons (Fsp3) is 0.333. The Morgan fingerprint density at radius 3 is 2.05 bits per heavy atom.